The van der Waals surface area contributed by atoms with Gasteiger partial charge in [0.05, 0.1) is 17.0 Å². The summed E-state index contributed by atoms with van der Waals surface area (Å²) in [4.78, 5) is 28.7. The van der Waals surface area contributed by atoms with Gasteiger partial charge in [-0.25, -0.2) is 4.39 Å². The number of nitrogens with zero attached hydrogens (tertiary/aromatic N) is 1. The Morgan fingerprint density at radius 2 is 1.57 bits per heavy atom. The number of benzene rings is 3. The Kier molecular flexibility index (Phi) is 5.75. The number of hydrogen-bond donors (Lipinski definition) is 0. The molecule has 0 bridgehead atoms. The summed E-state index contributed by atoms with van der Waals surface area (Å²) in [5.41, 5.74) is 2.33. The van der Waals surface area contributed by atoms with Crippen molar-refractivity contribution < 1.29 is 14.0 Å². The third-order valence-electron chi connectivity index (χ3n) is 4.79. The lowest BCUT2D eigenvalue weighted by Crippen LogP contribution is -2.31. The second-order valence-electron chi connectivity index (χ2n) is 6.91. The standard InChI is InChI=1S/C24H17ClFNO2S/c1-15-6-8-16(9-7-15)21-22(30-19-12-10-18(25)11-13-19)24(29)27(23(21)28)14-17-4-2-3-5-20(17)26/h2-13H,14H2,1H3. The molecule has 1 aliphatic heterocycles. The minimum atomic E-state index is -0.450. The maximum atomic E-state index is 14.2. The number of hydrogen-bond acceptors (Lipinski definition) is 3. The molecule has 2 amide bonds. The number of carbonyl (C=O) groups excluding carboxylic acids is 2. The van der Waals surface area contributed by atoms with Gasteiger partial charge < -0.3 is 0 Å². The van der Waals surface area contributed by atoms with Crippen molar-refractivity contribution in [1.29, 1.82) is 0 Å². The molecule has 0 unspecified atom stereocenters. The van der Waals surface area contributed by atoms with E-state index in [9.17, 15) is 14.0 Å². The summed E-state index contributed by atoms with van der Waals surface area (Å²) in [6.07, 6.45) is 0. The van der Waals surface area contributed by atoms with E-state index in [1.165, 1.54) is 17.8 Å². The van der Waals surface area contributed by atoms with Crippen LogP contribution in [0.5, 0.6) is 0 Å². The van der Waals surface area contributed by atoms with Crippen LogP contribution in [-0.2, 0) is 16.1 Å². The molecule has 30 heavy (non-hydrogen) atoms. The first-order valence-electron chi connectivity index (χ1n) is 9.28. The van der Waals surface area contributed by atoms with Crippen LogP contribution in [0.1, 0.15) is 16.7 Å². The fourth-order valence-electron chi connectivity index (χ4n) is 3.18. The molecule has 0 fully saturated rings. The molecule has 0 atom stereocenters. The van der Waals surface area contributed by atoms with Gasteiger partial charge >= 0.3 is 0 Å². The zero-order valence-electron chi connectivity index (χ0n) is 16.1. The van der Waals surface area contributed by atoms with Crippen LogP contribution in [0.15, 0.2) is 82.6 Å². The van der Waals surface area contributed by atoms with Gasteiger partial charge in [0, 0.05) is 15.5 Å². The Morgan fingerprint density at radius 1 is 0.900 bits per heavy atom. The fourth-order valence-corrected chi connectivity index (χ4v) is 4.32. The predicted octanol–water partition coefficient (Wildman–Crippen LogP) is 5.86. The molecule has 0 saturated carbocycles. The van der Waals surface area contributed by atoms with E-state index in [4.69, 9.17) is 11.6 Å². The highest BCUT2D eigenvalue weighted by molar-refractivity contribution is 8.04. The van der Waals surface area contributed by atoms with E-state index >= 15 is 0 Å². The smallest absolute Gasteiger partial charge is 0.268 e. The summed E-state index contributed by atoms with van der Waals surface area (Å²) >= 11 is 7.17. The van der Waals surface area contributed by atoms with Gasteiger partial charge in [0.25, 0.3) is 11.8 Å². The van der Waals surface area contributed by atoms with Gasteiger partial charge in [0.1, 0.15) is 5.82 Å². The maximum absolute atomic E-state index is 14.2. The SMILES string of the molecule is Cc1ccc(C2=C(Sc3ccc(Cl)cc3)C(=O)N(Cc3ccccc3F)C2=O)cc1. The summed E-state index contributed by atoms with van der Waals surface area (Å²) < 4.78 is 14.2. The Morgan fingerprint density at radius 3 is 2.23 bits per heavy atom. The van der Waals surface area contributed by atoms with Crippen LogP contribution in [0.3, 0.4) is 0 Å². The Hall–Kier alpha value is -2.89. The van der Waals surface area contributed by atoms with Gasteiger partial charge in [-0.15, -0.1) is 0 Å². The molecule has 0 aromatic heterocycles. The molecule has 3 aromatic carbocycles. The van der Waals surface area contributed by atoms with Crippen molar-refractivity contribution >= 4 is 40.8 Å². The average Bonchev–Trinajstić information content (AvgIpc) is 2.96. The summed E-state index contributed by atoms with van der Waals surface area (Å²) in [6.45, 7) is 1.83. The van der Waals surface area contributed by atoms with E-state index in [1.807, 2.05) is 31.2 Å². The van der Waals surface area contributed by atoms with Gasteiger partial charge in [0.15, 0.2) is 0 Å². The minimum Gasteiger partial charge on any atom is -0.269 e. The van der Waals surface area contributed by atoms with Gasteiger partial charge in [-0.3, -0.25) is 14.5 Å². The summed E-state index contributed by atoms with van der Waals surface area (Å²) in [5, 5.41) is 0.585. The van der Waals surface area contributed by atoms with E-state index in [1.54, 1.807) is 42.5 Å². The molecule has 1 heterocycles. The molecule has 0 N–H and O–H groups in total. The number of imide groups is 1. The van der Waals surface area contributed by atoms with E-state index in [-0.39, 0.29) is 6.54 Å². The van der Waals surface area contributed by atoms with E-state index < -0.39 is 17.6 Å². The van der Waals surface area contributed by atoms with Crippen LogP contribution in [-0.4, -0.2) is 16.7 Å². The lowest BCUT2D eigenvalue weighted by Gasteiger charge is -2.15. The number of thioether (sulfide) groups is 1. The number of rotatable bonds is 5. The summed E-state index contributed by atoms with van der Waals surface area (Å²) in [6, 6.07) is 20.6. The van der Waals surface area contributed by atoms with Gasteiger partial charge in [0.2, 0.25) is 0 Å². The minimum absolute atomic E-state index is 0.121. The molecule has 0 radical (unpaired) electrons. The number of carbonyl (C=O) groups is 2. The van der Waals surface area contributed by atoms with E-state index in [0.29, 0.717) is 26.6 Å². The fraction of sp³-hybridized carbons (Fsp3) is 0.0833. The highest BCUT2D eigenvalue weighted by atomic mass is 35.5. The lowest BCUT2D eigenvalue weighted by atomic mass is 10.0. The molecular formula is C24H17ClFNO2S. The molecule has 6 heteroatoms. The van der Waals surface area contributed by atoms with Crippen molar-refractivity contribution in [2.45, 2.75) is 18.4 Å². The molecule has 0 saturated heterocycles. The molecule has 150 valence electrons. The first-order chi connectivity index (χ1) is 14.4. The average molecular weight is 438 g/mol. The van der Waals surface area contributed by atoms with Gasteiger partial charge in [-0.2, -0.15) is 0 Å². The van der Waals surface area contributed by atoms with Crippen molar-refractivity contribution in [3.63, 3.8) is 0 Å². The van der Waals surface area contributed by atoms with Crippen molar-refractivity contribution in [2.24, 2.45) is 0 Å². The highest BCUT2D eigenvalue weighted by Gasteiger charge is 2.39. The van der Waals surface area contributed by atoms with Crippen LogP contribution in [0.25, 0.3) is 5.57 Å². The van der Waals surface area contributed by atoms with Gasteiger partial charge in [-0.05, 0) is 42.8 Å². The van der Waals surface area contributed by atoms with Crippen molar-refractivity contribution in [3.8, 4) is 0 Å². The summed E-state index contributed by atoms with van der Waals surface area (Å²) in [7, 11) is 0. The molecule has 1 aliphatic rings. The molecule has 3 aromatic rings. The maximum Gasteiger partial charge on any atom is 0.268 e. The van der Waals surface area contributed by atoms with Crippen molar-refractivity contribution in [3.05, 3.63) is 105 Å². The third-order valence-corrected chi connectivity index (χ3v) is 6.13. The van der Waals surface area contributed by atoms with Crippen molar-refractivity contribution in [2.75, 3.05) is 0 Å². The Labute approximate surface area is 183 Å². The van der Waals surface area contributed by atoms with Crippen LogP contribution >= 0.6 is 23.4 Å². The zero-order chi connectivity index (χ0) is 21.3. The quantitative estimate of drug-likeness (QED) is 0.469. The molecular weight excluding hydrogens is 421 g/mol. The first kappa shape index (κ1) is 20.4. The first-order valence-corrected chi connectivity index (χ1v) is 10.5. The number of amides is 2. The summed E-state index contributed by atoms with van der Waals surface area (Å²) in [5.74, 6) is -1.31. The monoisotopic (exact) mass is 437 g/mol. The predicted molar refractivity (Wildman–Crippen MR) is 117 cm³/mol. The van der Waals surface area contributed by atoms with E-state index in [0.717, 1.165) is 15.4 Å². The van der Waals surface area contributed by atoms with Crippen LogP contribution in [0, 0.1) is 12.7 Å². The molecule has 4 rings (SSSR count). The van der Waals surface area contributed by atoms with Crippen LogP contribution in [0.4, 0.5) is 4.39 Å². The second kappa shape index (κ2) is 8.46. The van der Waals surface area contributed by atoms with Gasteiger partial charge in [-0.1, -0.05) is 71.4 Å². The van der Waals surface area contributed by atoms with E-state index in [2.05, 4.69) is 0 Å². The number of halogens is 2. The lowest BCUT2D eigenvalue weighted by molar-refractivity contribution is -0.137. The van der Waals surface area contributed by atoms with Crippen LogP contribution < -0.4 is 0 Å². The third kappa shape index (κ3) is 4.04. The Balaban J connectivity index is 1.74. The molecule has 3 nitrogen and oxygen atoms in total. The molecule has 0 aliphatic carbocycles. The van der Waals surface area contributed by atoms with Crippen molar-refractivity contribution in [1.82, 2.24) is 4.90 Å². The van der Waals surface area contributed by atoms with Crippen LogP contribution in [0.2, 0.25) is 5.02 Å². The number of aryl methyl sites for hydroxylation is 1. The zero-order valence-corrected chi connectivity index (χ0v) is 17.6. The normalized spacial score (nSPS) is 14.0. The highest BCUT2D eigenvalue weighted by Crippen LogP contribution is 2.40. The largest absolute Gasteiger partial charge is 0.269 e. The second-order valence-corrected chi connectivity index (χ2v) is 8.43. The Bertz CT molecular complexity index is 1160. The molecule has 0 spiro atoms. The topological polar surface area (TPSA) is 37.4 Å².